The van der Waals surface area contributed by atoms with E-state index in [1.165, 1.54) is 16.8 Å². The number of benzene rings is 1. The average molecular weight is 173 g/mol. The van der Waals surface area contributed by atoms with Gasteiger partial charge < -0.3 is 5.32 Å². The lowest BCUT2D eigenvalue weighted by Gasteiger charge is -2.11. The van der Waals surface area contributed by atoms with Gasteiger partial charge >= 0.3 is 0 Å². The first kappa shape index (κ1) is 8.36. The summed E-state index contributed by atoms with van der Waals surface area (Å²) in [6.45, 7) is 8.40. The van der Waals surface area contributed by atoms with Crippen molar-refractivity contribution in [3.63, 3.8) is 0 Å². The molecule has 0 radical (unpaired) electrons. The molecule has 0 aromatic heterocycles. The van der Waals surface area contributed by atoms with E-state index in [2.05, 4.69) is 43.9 Å². The van der Waals surface area contributed by atoms with Crippen molar-refractivity contribution >= 4 is 5.69 Å². The van der Waals surface area contributed by atoms with E-state index in [0.29, 0.717) is 5.92 Å². The first-order chi connectivity index (χ1) is 6.18. The Morgan fingerprint density at radius 1 is 1.38 bits per heavy atom. The molecule has 0 aliphatic carbocycles. The van der Waals surface area contributed by atoms with Gasteiger partial charge in [-0.2, -0.15) is 0 Å². The number of rotatable bonds is 1. The molecule has 0 saturated heterocycles. The molecular formula is C12H15N. The zero-order chi connectivity index (χ0) is 9.42. The average Bonchev–Trinajstić information content (AvgIpc) is 2.43. The zero-order valence-electron chi connectivity index (χ0n) is 8.22. The Balaban J connectivity index is 2.51. The standard InChI is InChI=1S/C12H15N/c1-8(2)11-6-4-5-10-7-9(3)13-12(10)11/h4-6,8,13H,3,7H2,1-2H3. The number of hydrogen-bond acceptors (Lipinski definition) is 1. The van der Waals surface area contributed by atoms with Crippen LogP contribution in [0.1, 0.15) is 30.9 Å². The smallest absolute Gasteiger partial charge is 0.0453 e. The monoisotopic (exact) mass is 173 g/mol. The minimum atomic E-state index is 0.577. The van der Waals surface area contributed by atoms with Gasteiger partial charge in [-0.1, -0.05) is 38.6 Å². The van der Waals surface area contributed by atoms with E-state index in [4.69, 9.17) is 0 Å². The number of para-hydroxylation sites is 1. The summed E-state index contributed by atoms with van der Waals surface area (Å²) in [4.78, 5) is 0. The Morgan fingerprint density at radius 2 is 2.15 bits per heavy atom. The molecule has 0 spiro atoms. The maximum absolute atomic E-state index is 3.96. The fourth-order valence-corrected chi connectivity index (χ4v) is 1.85. The van der Waals surface area contributed by atoms with Crippen LogP contribution >= 0.6 is 0 Å². The Kier molecular flexibility index (Phi) is 1.87. The Labute approximate surface area is 79.5 Å². The van der Waals surface area contributed by atoms with Crippen molar-refractivity contribution < 1.29 is 0 Å². The van der Waals surface area contributed by atoms with E-state index in [0.717, 1.165) is 12.1 Å². The quantitative estimate of drug-likeness (QED) is 0.687. The topological polar surface area (TPSA) is 12.0 Å². The molecule has 2 rings (SSSR count). The molecule has 1 aliphatic rings. The van der Waals surface area contributed by atoms with Gasteiger partial charge in [-0.15, -0.1) is 0 Å². The highest BCUT2D eigenvalue weighted by atomic mass is 14.9. The third-order valence-corrected chi connectivity index (χ3v) is 2.51. The van der Waals surface area contributed by atoms with Gasteiger partial charge in [0.15, 0.2) is 0 Å². The predicted molar refractivity (Wildman–Crippen MR) is 57.0 cm³/mol. The second-order valence-corrected chi connectivity index (χ2v) is 3.94. The number of fused-ring (bicyclic) bond motifs is 1. The summed E-state index contributed by atoms with van der Waals surface area (Å²) in [6, 6.07) is 6.50. The van der Waals surface area contributed by atoms with Crippen LogP contribution in [0.15, 0.2) is 30.5 Å². The van der Waals surface area contributed by atoms with Gasteiger partial charge in [-0.3, -0.25) is 0 Å². The van der Waals surface area contributed by atoms with Gasteiger partial charge in [0.1, 0.15) is 0 Å². The van der Waals surface area contributed by atoms with Crippen molar-refractivity contribution in [2.45, 2.75) is 26.2 Å². The van der Waals surface area contributed by atoms with Crippen molar-refractivity contribution in [1.82, 2.24) is 0 Å². The van der Waals surface area contributed by atoms with Crippen LogP contribution in [-0.4, -0.2) is 0 Å². The van der Waals surface area contributed by atoms with Crippen molar-refractivity contribution in [2.75, 3.05) is 5.32 Å². The second-order valence-electron chi connectivity index (χ2n) is 3.94. The number of anilines is 1. The molecular weight excluding hydrogens is 158 g/mol. The highest BCUT2D eigenvalue weighted by Crippen LogP contribution is 2.34. The molecule has 1 aromatic carbocycles. The van der Waals surface area contributed by atoms with Crippen LogP contribution in [0.4, 0.5) is 5.69 Å². The van der Waals surface area contributed by atoms with Gasteiger partial charge in [-0.05, 0) is 17.0 Å². The first-order valence-corrected chi connectivity index (χ1v) is 4.75. The van der Waals surface area contributed by atoms with Crippen molar-refractivity contribution in [3.8, 4) is 0 Å². The minimum Gasteiger partial charge on any atom is -0.359 e. The molecule has 1 nitrogen and oxygen atoms in total. The lowest BCUT2D eigenvalue weighted by atomic mass is 9.98. The molecule has 0 saturated carbocycles. The predicted octanol–water partition coefficient (Wildman–Crippen LogP) is 3.29. The van der Waals surface area contributed by atoms with E-state index < -0.39 is 0 Å². The summed E-state index contributed by atoms with van der Waals surface area (Å²) in [7, 11) is 0. The Hall–Kier alpha value is -1.24. The summed E-state index contributed by atoms with van der Waals surface area (Å²) in [5, 5.41) is 3.35. The Bertz CT molecular complexity index is 350. The van der Waals surface area contributed by atoms with Crippen LogP contribution in [0, 0.1) is 0 Å². The number of hydrogen-bond donors (Lipinski definition) is 1. The molecule has 0 fully saturated rings. The zero-order valence-corrected chi connectivity index (χ0v) is 8.22. The first-order valence-electron chi connectivity index (χ1n) is 4.75. The highest BCUT2D eigenvalue weighted by Gasteiger charge is 2.17. The molecule has 0 unspecified atom stereocenters. The molecule has 1 heterocycles. The molecule has 0 atom stereocenters. The molecule has 0 bridgehead atoms. The molecule has 68 valence electrons. The number of nitrogens with one attached hydrogen (secondary N) is 1. The van der Waals surface area contributed by atoms with Crippen LogP contribution in [0.5, 0.6) is 0 Å². The van der Waals surface area contributed by atoms with E-state index in [9.17, 15) is 0 Å². The lowest BCUT2D eigenvalue weighted by Crippen LogP contribution is -1.95. The third-order valence-electron chi connectivity index (χ3n) is 2.51. The van der Waals surface area contributed by atoms with Crippen LogP contribution in [0.2, 0.25) is 0 Å². The summed E-state index contributed by atoms with van der Waals surface area (Å²) in [5.74, 6) is 0.577. The van der Waals surface area contributed by atoms with E-state index in [1.807, 2.05) is 0 Å². The van der Waals surface area contributed by atoms with Gasteiger partial charge in [-0.25, -0.2) is 0 Å². The van der Waals surface area contributed by atoms with E-state index in [1.54, 1.807) is 0 Å². The maximum Gasteiger partial charge on any atom is 0.0453 e. The van der Waals surface area contributed by atoms with Crippen molar-refractivity contribution in [1.29, 1.82) is 0 Å². The van der Waals surface area contributed by atoms with E-state index in [-0.39, 0.29) is 0 Å². The van der Waals surface area contributed by atoms with Crippen LogP contribution in [0.25, 0.3) is 0 Å². The fraction of sp³-hybridized carbons (Fsp3) is 0.333. The summed E-state index contributed by atoms with van der Waals surface area (Å²) >= 11 is 0. The molecule has 0 amide bonds. The molecule has 1 heteroatoms. The lowest BCUT2D eigenvalue weighted by molar-refractivity contribution is 0.869. The molecule has 1 aromatic rings. The fourth-order valence-electron chi connectivity index (χ4n) is 1.85. The summed E-state index contributed by atoms with van der Waals surface area (Å²) in [6.07, 6.45) is 0.982. The van der Waals surface area contributed by atoms with E-state index >= 15 is 0 Å². The third kappa shape index (κ3) is 1.35. The molecule has 1 N–H and O–H groups in total. The normalized spacial score (nSPS) is 14.5. The summed E-state index contributed by atoms with van der Waals surface area (Å²) < 4.78 is 0. The summed E-state index contributed by atoms with van der Waals surface area (Å²) in [5.41, 5.74) is 5.19. The Morgan fingerprint density at radius 3 is 2.85 bits per heavy atom. The van der Waals surface area contributed by atoms with Gasteiger partial charge in [0, 0.05) is 17.8 Å². The van der Waals surface area contributed by atoms with Gasteiger partial charge in [0.25, 0.3) is 0 Å². The second kappa shape index (κ2) is 2.91. The van der Waals surface area contributed by atoms with Gasteiger partial charge in [0.05, 0.1) is 0 Å². The van der Waals surface area contributed by atoms with Gasteiger partial charge in [0.2, 0.25) is 0 Å². The minimum absolute atomic E-state index is 0.577. The SMILES string of the molecule is C=C1Cc2cccc(C(C)C)c2N1. The van der Waals surface area contributed by atoms with Crippen LogP contribution < -0.4 is 5.32 Å². The molecule has 1 aliphatic heterocycles. The van der Waals surface area contributed by atoms with Crippen LogP contribution in [0.3, 0.4) is 0 Å². The largest absolute Gasteiger partial charge is 0.359 e. The maximum atomic E-state index is 3.96. The van der Waals surface area contributed by atoms with Crippen LogP contribution in [-0.2, 0) is 6.42 Å². The molecule has 13 heavy (non-hydrogen) atoms. The highest BCUT2D eigenvalue weighted by molar-refractivity contribution is 5.67. The van der Waals surface area contributed by atoms with Crippen molar-refractivity contribution in [2.24, 2.45) is 0 Å². The number of allylic oxidation sites excluding steroid dienone is 1. The van der Waals surface area contributed by atoms with Crippen molar-refractivity contribution in [3.05, 3.63) is 41.6 Å².